The van der Waals surface area contributed by atoms with Crippen molar-refractivity contribution in [2.24, 2.45) is 0 Å². The molecule has 0 N–H and O–H groups in total. The molecule has 9 aromatic rings. The van der Waals surface area contributed by atoms with E-state index in [-0.39, 0.29) is 10.8 Å². The van der Waals surface area contributed by atoms with Gasteiger partial charge in [-0.25, -0.2) is 0 Å². The number of para-hydroxylation sites is 1. The van der Waals surface area contributed by atoms with E-state index in [1.54, 1.807) is 0 Å². The van der Waals surface area contributed by atoms with Crippen LogP contribution in [0.3, 0.4) is 0 Å². The molecule has 1 heteroatoms. The number of fused-ring (bicyclic) bond motifs is 9. The number of nitrogens with zero attached hydrogens (tertiary/aromatic N) is 1. The molecule has 0 unspecified atom stereocenters. The molecule has 2 aliphatic rings. The standard InChI is InChI=1S/C56H43N/c1-55(2)51-23-12-10-21-45(51)49-34-39(26-29-53(49)55)47-33-38-15-8-9-20-43(38)44-28-25-37(32-48(44)47)36-16-14-19-41(31-36)57(40-17-6-5-7-18-40)42-27-30-54-50(35-42)46-22-11-13-24-52(46)56(54,3)4/h5-35H,1-4H3. The normalized spacial score (nSPS) is 14.2. The molecule has 0 amide bonds. The smallest absolute Gasteiger partial charge is 0.0468 e. The van der Waals surface area contributed by atoms with Gasteiger partial charge < -0.3 is 4.90 Å². The minimum absolute atomic E-state index is 0.0252. The summed E-state index contributed by atoms with van der Waals surface area (Å²) in [6.45, 7) is 9.40. The highest BCUT2D eigenvalue weighted by Gasteiger charge is 2.36. The number of hydrogen-bond acceptors (Lipinski definition) is 1. The second kappa shape index (κ2) is 12.4. The van der Waals surface area contributed by atoms with Crippen LogP contribution in [0.1, 0.15) is 49.9 Å². The van der Waals surface area contributed by atoms with E-state index in [0.29, 0.717) is 0 Å². The summed E-state index contributed by atoms with van der Waals surface area (Å²) in [7, 11) is 0. The third kappa shape index (κ3) is 5.08. The summed E-state index contributed by atoms with van der Waals surface area (Å²) < 4.78 is 0. The maximum absolute atomic E-state index is 2.44. The van der Waals surface area contributed by atoms with Gasteiger partial charge in [0.15, 0.2) is 0 Å². The van der Waals surface area contributed by atoms with E-state index in [0.717, 1.165) is 17.1 Å². The van der Waals surface area contributed by atoms with Crippen LogP contribution in [0.25, 0.3) is 66.1 Å². The van der Waals surface area contributed by atoms with Crippen molar-refractivity contribution in [1.82, 2.24) is 0 Å². The first-order valence-electron chi connectivity index (χ1n) is 20.2. The quantitative estimate of drug-likeness (QED) is 0.159. The zero-order valence-electron chi connectivity index (χ0n) is 32.8. The van der Waals surface area contributed by atoms with Gasteiger partial charge in [-0.15, -0.1) is 0 Å². The summed E-state index contributed by atoms with van der Waals surface area (Å²) in [6.07, 6.45) is 0. The fourth-order valence-electron chi connectivity index (χ4n) is 10.1. The first-order valence-corrected chi connectivity index (χ1v) is 20.2. The Morgan fingerprint density at radius 3 is 1.61 bits per heavy atom. The average Bonchev–Trinajstić information content (AvgIpc) is 3.62. The van der Waals surface area contributed by atoms with E-state index in [1.165, 1.54) is 88.3 Å². The van der Waals surface area contributed by atoms with Crippen LogP contribution in [0, 0.1) is 0 Å². The van der Waals surface area contributed by atoms with Gasteiger partial charge in [-0.1, -0.05) is 161 Å². The SMILES string of the molecule is CC1(C)c2ccccc2-c2cc(-c3cc4ccccc4c4ccc(-c5cccc(N(c6ccccc6)c6ccc7c(c6)-c6ccccc6C7(C)C)c5)cc34)ccc21. The molecule has 11 rings (SSSR count). The number of anilines is 3. The van der Waals surface area contributed by atoms with Gasteiger partial charge in [0.2, 0.25) is 0 Å². The molecular formula is C56H43N. The van der Waals surface area contributed by atoms with Crippen molar-refractivity contribution in [2.45, 2.75) is 38.5 Å². The molecule has 0 saturated carbocycles. The van der Waals surface area contributed by atoms with Gasteiger partial charge in [-0.05, 0) is 143 Å². The average molecular weight is 730 g/mol. The first kappa shape index (κ1) is 33.6. The Labute approximate surface area is 335 Å². The predicted molar refractivity (Wildman–Crippen MR) is 242 cm³/mol. The summed E-state index contributed by atoms with van der Waals surface area (Å²) in [6, 6.07) is 70.1. The number of hydrogen-bond donors (Lipinski definition) is 0. The first-order chi connectivity index (χ1) is 27.8. The van der Waals surface area contributed by atoms with Crippen molar-refractivity contribution < 1.29 is 0 Å². The van der Waals surface area contributed by atoms with Gasteiger partial charge in [0.1, 0.15) is 0 Å². The van der Waals surface area contributed by atoms with Crippen molar-refractivity contribution in [1.29, 1.82) is 0 Å². The van der Waals surface area contributed by atoms with Crippen LogP contribution in [-0.2, 0) is 10.8 Å². The Morgan fingerprint density at radius 1 is 0.298 bits per heavy atom. The Balaban J connectivity index is 1.06. The maximum Gasteiger partial charge on any atom is 0.0468 e. The topological polar surface area (TPSA) is 3.24 Å². The summed E-state index contributed by atoms with van der Waals surface area (Å²) in [5, 5.41) is 5.08. The van der Waals surface area contributed by atoms with Crippen LogP contribution in [0.4, 0.5) is 17.1 Å². The van der Waals surface area contributed by atoms with E-state index in [2.05, 4.69) is 221 Å². The minimum Gasteiger partial charge on any atom is -0.310 e. The Kier molecular flexibility index (Phi) is 7.32. The molecule has 0 bridgehead atoms. The largest absolute Gasteiger partial charge is 0.310 e. The molecule has 0 radical (unpaired) electrons. The van der Waals surface area contributed by atoms with Gasteiger partial charge in [0, 0.05) is 27.9 Å². The summed E-state index contributed by atoms with van der Waals surface area (Å²) in [5.41, 5.74) is 19.2. The van der Waals surface area contributed by atoms with E-state index in [1.807, 2.05) is 0 Å². The fourth-order valence-corrected chi connectivity index (χ4v) is 10.1. The summed E-state index contributed by atoms with van der Waals surface area (Å²) in [5.74, 6) is 0. The van der Waals surface area contributed by atoms with Crippen molar-refractivity contribution in [3.63, 3.8) is 0 Å². The Morgan fingerprint density at radius 2 is 0.860 bits per heavy atom. The van der Waals surface area contributed by atoms with Gasteiger partial charge in [-0.3, -0.25) is 0 Å². The van der Waals surface area contributed by atoms with Crippen LogP contribution in [0.15, 0.2) is 188 Å². The van der Waals surface area contributed by atoms with Crippen LogP contribution in [0.2, 0.25) is 0 Å². The zero-order valence-corrected chi connectivity index (χ0v) is 32.8. The fraction of sp³-hybridized carbons (Fsp3) is 0.107. The highest BCUT2D eigenvalue weighted by Crippen LogP contribution is 2.52. The molecule has 0 aromatic heterocycles. The summed E-state index contributed by atoms with van der Waals surface area (Å²) >= 11 is 0. The van der Waals surface area contributed by atoms with Crippen molar-refractivity contribution in [3.05, 3.63) is 210 Å². The lowest BCUT2D eigenvalue weighted by molar-refractivity contribution is 0.660. The Bertz CT molecular complexity index is 3070. The van der Waals surface area contributed by atoms with E-state index >= 15 is 0 Å². The molecule has 0 aliphatic heterocycles. The van der Waals surface area contributed by atoms with Crippen LogP contribution >= 0.6 is 0 Å². The predicted octanol–water partition coefficient (Wildman–Crippen LogP) is 15.4. The second-order valence-electron chi connectivity index (χ2n) is 17.0. The third-order valence-corrected chi connectivity index (χ3v) is 13.0. The Hall–Kier alpha value is -6.70. The van der Waals surface area contributed by atoms with Gasteiger partial charge in [0.25, 0.3) is 0 Å². The maximum atomic E-state index is 2.44. The molecule has 1 nitrogen and oxygen atoms in total. The van der Waals surface area contributed by atoms with E-state index in [9.17, 15) is 0 Å². The van der Waals surface area contributed by atoms with Gasteiger partial charge in [0.05, 0.1) is 0 Å². The van der Waals surface area contributed by atoms with Gasteiger partial charge >= 0.3 is 0 Å². The summed E-state index contributed by atoms with van der Waals surface area (Å²) in [4.78, 5) is 2.40. The molecule has 2 aliphatic carbocycles. The van der Waals surface area contributed by atoms with Crippen molar-refractivity contribution >= 4 is 38.6 Å². The van der Waals surface area contributed by atoms with Gasteiger partial charge in [-0.2, -0.15) is 0 Å². The lowest BCUT2D eigenvalue weighted by Crippen LogP contribution is -2.15. The molecule has 0 fully saturated rings. The monoisotopic (exact) mass is 729 g/mol. The van der Waals surface area contributed by atoms with Crippen LogP contribution in [-0.4, -0.2) is 0 Å². The number of rotatable bonds is 5. The van der Waals surface area contributed by atoms with Crippen molar-refractivity contribution in [2.75, 3.05) is 4.90 Å². The lowest BCUT2D eigenvalue weighted by atomic mass is 9.82. The highest BCUT2D eigenvalue weighted by molar-refractivity contribution is 6.15. The molecule has 9 aromatic carbocycles. The van der Waals surface area contributed by atoms with Crippen LogP contribution < -0.4 is 4.90 Å². The molecule has 0 atom stereocenters. The zero-order chi connectivity index (χ0) is 38.5. The second-order valence-corrected chi connectivity index (χ2v) is 17.0. The molecule has 0 heterocycles. The number of benzene rings is 9. The lowest BCUT2D eigenvalue weighted by Gasteiger charge is -2.27. The third-order valence-electron chi connectivity index (χ3n) is 13.0. The molecule has 0 saturated heterocycles. The molecule has 272 valence electrons. The van der Waals surface area contributed by atoms with E-state index in [4.69, 9.17) is 0 Å². The molecule has 57 heavy (non-hydrogen) atoms. The molecular weight excluding hydrogens is 687 g/mol. The van der Waals surface area contributed by atoms with Crippen molar-refractivity contribution in [3.8, 4) is 44.5 Å². The molecule has 0 spiro atoms. The minimum atomic E-state index is -0.0386. The van der Waals surface area contributed by atoms with Crippen LogP contribution in [0.5, 0.6) is 0 Å². The highest BCUT2D eigenvalue weighted by atomic mass is 15.1. The van der Waals surface area contributed by atoms with E-state index < -0.39 is 0 Å².